The molecule has 0 aliphatic rings. The second-order valence-corrected chi connectivity index (χ2v) is 17.4. The van der Waals surface area contributed by atoms with Crippen molar-refractivity contribution in [2.45, 2.75) is 226 Å². The van der Waals surface area contributed by atoms with Gasteiger partial charge in [0.05, 0.1) is 0 Å². The van der Waals surface area contributed by atoms with Crippen molar-refractivity contribution < 1.29 is 28.6 Å². The molecule has 6 heteroatoms. The number of hydrogen-bond donors (Lipinski definition) is 0. The molecule has 0 aliphatic carbocycles. The van der Waals surface area contributed by atoms with E-state index in [1.165, 1.54) is 57.8 Å². The highest BCUT2D eigenvalue weighted by Gasteiger charge is 2.19. The van der Waals surface area contributed by atoms with Crippen LogP contribution >= 0.6 is 0 Å². The van der Waals surface area contributed by atoms with Crippen LogP contribution in [0.3, 0.4) is 0 Å². The number of rotatable bonds is 47. The smallest absolute Gasteiger partial charge is 0.306 e. The van der Waals surface area contributed by atoms with Crippen molar-refractivity contribution in [1.82, 2.24) is 0 Å². The quantitative estimate of drug-likeness (QED) is 0.0262. The van der Waals surface area contributed by atoms with Gasteiger partial charge in [-0.3, -0.25) is 14.4 Å². The molecule has 0 aromatic heterocycles. The standard InChI is InChI=1S/C62H98O6/c1-4-7-10-13-16-19-22-25-28-30-31-32-35-37-40-43-46-49-52-55-61(64)67-58-59(57-66-60(63)54-51-48-45-42-39-36-33-27-24-21-18-15-12-9-6-3)68-62(65)56-53-50-47-44-41-38-34-29-26-23-20-17-14-11-8-5-2/h7,9-10,12,16,18-19,21,25,27-29,31-34,37,39-40,42,46,49,59H,4-6,8,11,13-15,17,20,22-24,26,30,35-36,38,41,43-45,47-48,50-58H2,1-3H3/b10-7-,12-9-,19-16-,21-18-,28-25-,32-31-,33-27-,34-29-,40-37-,42-39-,49-46-. The lowest BCUT2D eigenvalue weighted by atomic mass is 10.1. The molecule has 6 nitrogen and oxygen atoms in total. The van der Waals surface area contributed by atoms with E-state index in [9.17, 15) is 14.4 Å². The minimum atomic E-state index is -0.835. The van der Waals surface area contributed by atoms with Crippen LogP contribution in [0.15, 0.2) is 134 Å². The van der Waals surface area contributed by atoms with E-state index in [1.807, 2.05) is 12.2 Å². The highest BCUT2D eigenvalue weighted by molar-refractivity contribution is 5.71. The van der Waals surface area contributed by atoms with Gasteiger partial charge < -0.3 is 14.2 Å². The van der Waals surface area contributed by atoms with Gasteiger partial charge in [0, 0.05) is 19.3 Å². The van der Waals surface area contributed by atoms with Crippen LogP contribution in [0.5, 0.6) is 0 Å². The lowest BCUT2D eigenvalue weighted by Gasteiger charge is -2.18. The molecule has 0 spiro atoms. The van der Waals surface area contributed by atoms with Crippen LogP contribution in [-0.4, -0.2) is 37.2 Å². The van der Waals surface area contributed by atoms with Crippen molar-refractivity contribution in [3.63, 3.8) is 0 Å². The van der Waals surface area contributed by atoms with E-state index in [-0.39, 0.29) is 50.4 Å². The van der Waals surface area contributed by atoms with Crippen LogP contribution in [-0.2, 0) is 28.6 Å². The predicted octanol–water partition coefficient (Wildman–Crippen LogP) is 18.3. The van der Waals surface area contributed by atoms with Gasteiger partial charge in [0.1, 0.15) is 13.2 Å². The molecule has 0 radical (unpaired) electrons. The molecule has 68 heavy (non-hydrogen) atoms. The first kappa shape index (κ1) is 63.6. The summed E-state index contributed by atoms with van der Waals surface area (Å²) in [5.41, 5.74) is 0. The Morgan fingerprint density at radius 3 is 1.03 bits per heavy atom. The van der Waals surface area contributed by atoms with Gasteiger partial charge >= 0.3 is 17.9 Å². The van der Waals surface area contributed by atoms with Crippen molar-refractivity contribution in [1.29, 1.82) is 0 Å². The summed E-state index contributed by atoms with van der Waals surface area (Å²) >= 11 is 0. The summed E-state index contributed by atoms with van der Waals surface area (Å²) in [4.78, 5) is 38.0. The Morgan fingerprint density at radius 2 is 0.603 bits per heavy atom. The molecule has 0 amide bonds. The van der Waals surface area contributed by atoms with E-state index < -0.39 is 6.10 Å². The van der Waals surface area contributed by atoms with Crippen molar-refractivity contribution >= 4 is 17.9 Å². The Labute approximate surface area is 417 Å². The van der Waals surface area contributed by atoms with Gasteiger partial charge in [-0.15, -0.1) is 0 Å². The number of esters is 3. The minimum Gasteiger partial charge on any atom is -0.462 e. The molecule has 0 saturated heterocycles. The Morgan fingerprint density at radius 1 is 0.309 bits per heavy atom. The Kier molecular flexibility index (Phi) is 51.5. The lowest BCUT2D eigenvalue weighted by Crippen LogP contribution is -2.30. The molecule has 1 atom stereocenters. The fourth-order valence-corrected chi connectivity index (χ4v) is 6.86. The molecule has 1 unspecified atom stereocenters. The van der Waals surface area contributed by atoms with Crippen LogP contribution in [0.2, 0.25) is 0 Å². The predicted molar refractivity (Wildman–Crippen MR) is 292 cm³/mol. The summed E-state index contributed by atoms with van der Waals surface area (Å²) < 4.78 is 16.7. The molecule has 0 aromatic carbocycles. The third-order valence-electron chi connectivity index (χ3n) is 10.9. The second kappa shape index (κ2) is 55.1. The van der Waals surface area contributed by atoms with Crippen molar-refractivity contribution in [3.8, 4) is 0 Å². The summed E-state index contributed by atoms with van der Waals surface area (Å²) in [6.45, 7) is 6.28. The molecule has 382 valence electrons. The monoisotopic (exact) mass is 939 g/mol. The summed E-state index contributed by atoms with van der Waals surface area (Å²) in [7, 11) is 0. The van der Waals surface area contributed by atoms with E-state index >= 15 is 0 Å². The van der Waals surface area contributed by atoms with Gasteiger partial charge in [0.15, 0.2) is 6.10 Å². The summed E-state index contributed by atoms with van der Waals surface area (Å²) in [5.74, 6) is -1.07. The van der Waals surface area contributed by atoms with E-state index in [0.29, 0.717) is 12.8 Å². The normalized spacial score (nSPS) is 13.2. The van der Waals surface area contributed by atoms with E-state index in [2.05, 4.69) is 142 Å². The number of ether oxygens (including phenoxy) is 3. The molecule has 0 saturated carbocycles. The molecule has 0 fully saturated rings. The van der Waals surface area contributed by atoms with Crippen molar-refractivity contribution in [3.05, 3.63) is 134 Å². The van der Waals surface area contributed by atoms with Crippen LogP contribution in [0, 0.1) is 0 Å². The first-order valence-electron chi connectivity index (χ1n) is 27.2. The molecular weight excluding hydrogens is 841 g/mol. The highest BCUT2D eigenvalue weighted by Crippen LogP contribution is 2.12. The first-order valence-corrected chi connectivity index (χ1v) is 27.2. The summed E-state index contributed by atoms with van der Waals surface area (Å²) in [6.07, 6.45) is 77.4. The highest BCUT2D eigenvalue weighted by atomic mass is 16.6. The van der Waals surface area contributed by atoms with Crippen molar-refractivity contribution in [2.75, 3.05) is 13.2 Å². The van der Waals surface area contributed by atoms with Crippen LogP contribution < -0.4 is 0 Å². The SMILES string of the molecule is CC/C=C\C/C=C\C/C=C\C/C=C\C/C=C\C/C=C\CCC(=O)OCC(COC(=O)CCCC/C=C\C/C=C\C/C=C\C/C=C\CC)OC(=O)CCCCCCC/C=C\CCCCCCCCC. The maximum atomic E-state index is 12.8. The summed E-state index contributed by atoms with van der Waals surface area (Å²) in [6, 6.07) is 0. The van der Waals surface area contributed by atoms with Gasteiger partial charge in [0.25, 0.3) is 0 Å². The fourth-order valence-electron chi connectivity index (χ4n) is 6.86. The third-order valence-corrected chi connectivity index (χ3v) is 10.9. The maximum Gasteiger partial charge on any atom is 0.306 e. The van der Waals surface area contributed by atoms with E-state index in [0.717, 1.165) is 109 Å². The molecule has 0 bridgehead atoms. The number of carbonyl (C=O) groups excluding carboxylic acids is 3. The Bertz CT molecular complexity index is 1500. The number of allylic oxidation sites excluding steroid dienone is 22. The average molecular weight is 939 g/mol. The zero-order chi connectivity index (χ0) is 49.3. The van der Waals surface area contributed by atoms with Gasteiger partial charge in [-0.1, -0.05) is 212 Å². The van der Waals surface area contributed by atoms with Gasteiger partial charge in [0.2, 0.25) is 0 Å². The van der Waals surface area contributed by atoms with Crippen LogP contribution in [0.4, 0.5) is 0 Å². The summed E-state index contributed by atoms with van der Waals surface area (Å²) in [5, 5.41) is 0. The Hall–Kier alpha value is -4.45. The van der Waals surface area contributed by atoms with Crippen LogP contribution in [0.25, 0.3) is 0 Å². The van der Waals surface area contributed by atoms with Crippen molar-refractivity contribution in [2.24, 2.45) is 0 Å². The first-order chi connectivity index (χ1) is 33.5. The zero-order valence-electron chi connectivity index (χ0n) is 43.6. The third kappa shape index (κ3) is 52.5. The molecular formula is C62H98O6. The number of hydrogen-bond acceptors (Lipinski definition) is 6. The lowest BCUT2D eigenvalue weighted by molar-refractivity contribution is -0.166. The largest absolute Gasteiger partial charge is 0.462 e. The second-order valence-electron chi connectivity index (χ2n) is 17.4. The number of carbonyl (C=O) groups is 3. The van der Waals surface area contributed by atoms with E-state index in [4.69, 9.17) is 14.2 Å². The maximum absolute atomic E-state index is 12.8. The number of unbranched alkanes of at least 4 members (excludes halogenated alkanes) is 14. The molecule has 0 rings (SSSR count). The zero-order valence-corrected chi connectivity index (χ0v) is 43.6. The van der Waals surface area contributed by atoms with Gasteiger partial charge in [-0.25, -0.2) is 0 Å². The molecule has 0 N–H and O–H groups in total. The average Bonchev–Trinajstić information content (AvgIpc) is 3.34. The molecule has 0 heterocycles. The fraction of sp³-hybridized carbons (Fsp3) is 0.597. The topological polar surface area (TPSA) is 78.9 Å². The Balaban J connectivity index is 4.60. The molecule has 0 aliphatic heterocycles. The minimum absolute atomic E-state index is 0.131. The van der Waals surface area contributed by atoms with E-state index in [1.54, 1.807) is 0 Å². The van der Waals surface area contributed by atoms with Gasteiger partial charge in [-0.05, 0) is 122 Å². The van der Waals surface area contributed by atoms with Gasteiger partial charge in [-0.2, -0.15) is 0 Å². The molecule has 0 aromatic rings. The van der Waals surface area contributed by atoms with Crippen LogP contribution in [0.1, 0.15) is 220 Å².